The van der Waals surface area contributed by atoms with Crippen LogP contribution < -0.4 is 9.64 Å². The number of carbonyl (C=O) groups excluding carboxylic acids is 1. The molecule has 2 fully saturated rings. The minimum Gasteiger partial charge on any atom is -0.463 e. The fourth-order valence-electron chi connectivity index (χ4n) is 5.80. The van der Waals surface area contributed by atoms with Gasteiger partial charge in [-0.3, -0.25) is 4.79 Å². The van der Waals surface area contributed by atoms with Crippen molar-refractivity contribution < 1.29 is 13.9 Å². The molecule has 6 rings (SSSR count). The molecule has 202 valence electrons. The highest BCUT2D eigenvalue weighted by Gasteiger charge is 2.27. The van der Waals surface area contributed by atoms with Gasteiger partial charge in [-0.25, -0.2) is 0 Å². The minimum absolute atomic E-state index is 0.0555. The van der Waals surface area contributed by atoms with Gasteiger partial charge in [0.25, 0.3) is 0 Å². The van der Waals surface area contributed by atoms with E-state index < -0.39 is 0 Å². The molecular weight excluding hydrogens is 514 g/mol. The number of rotatable bonds is 6. The molecule has 0 unspecified atom stereocenters. The lowest BCUT2D eigenvalue weighted by atomic mass is 9.96. The number of aryl methyl sites for hydroxylation is 1. The molecule has 4 heterocycles. The van der Waals surface area contributed by atoms with Gasteiger partial charge in [0.15, 0.2) is 0 Å². The number of ether oxygens (including phenoxy) is 1. The summed E-state index contributed by atoms with van der Waals surface area (Å²) in [5.41, 5.74) is 4.43. The average molecular weight is 546 g/mol. The number of piperazine rings is 1. The monoisotopic (exact) mass is 545 g/mol. The number of halogens is 1. The number of likely N-dealkylation sites (tertiary alicyclic amines) is 1. The molecule has 0 spiro atoms. The molecule has 0 radical (unpaired) electrons. The van der Waals surface area contributed by atoms with Crippen LogP contribution in [0.3, 0.4) is 0 Å². The summed E-state index contributed by atoms with van der Waals surface area (Å²) in [6, 6.07) is 10.6. The molecule has 9 heteroatoms. The number of likely N-dealkylation sites (N-methyl/N-ethyl adjacent to an activating group) is 1. The highest BCUT2D eigenvalue weighted by atomic mass is 35.5. The maximum Gasteiger partial charge on any atom is 0.319 e. The van der Waals surface area contributed by atoms with Gasteiger partial charge in [0.05, 0.1) is 17.2 Å². The summed E-state index contributed by atoms with van der Waals surface area (Å²) in [5.74, 6) is 0.697. The number of carbonyl (C=O) groups is 1. The fraction of sp³-hybridized carbons (Fsp3) is 0.367. The van der Waals surface area contributed by atoms with Crippen molar-refractivity contribution in [2.24, 2.45) is 0 Å². The maximum atomic E-state index is 12.2. The second kappa shape index (κ2) is 10.5. The van der Waals surface area contributed by atoms with Crippen LogP contribution >= 0.6 is 11.6 Å². The first kappa shape index (κ1) is 25.6. The van der Waals surface area contributed by atoms with Crippen LogP contribution in [0.4, 0.5) is 5.82 Å². The highest BCUT2D eigenvalue weighted by Crippen LogP contribution is 2.42. The van der Waals surface area contributed by atoms with Crippen LogP contribution in [0.5, 0.6) is 6.01 Å². The molecule has 1 atom stereocenters. The van der Waals surface area contributed by atoms with E-state index in [0.717, 1.165) is 51.8 Å². The van der Waals surface area contributed by atoms with E-state index in [0.29, 0.717) is 55.4 Å². The molecular formula is C30H32ClN5O3. The van der Waals surface area contributed by atoms with Crippen LogP contribution in [0.15, 0.2) is 53.7 Å². The molecule has 0 N–H and O–H groups in total. The largest absolute Gasteiger partial charge is 0.463 e. The smallest absolute Gasteiger partial charge is 0.319 e. The van der Waals surface area contributed by atoms with Gasteiger partial charge in [-0.15, -0.1) is 0 Å². The average Bonchev–Trinajstić information content (AvgIpc) is 3.60. The number of amides is 1. The molecule has 2 aromatic heterocycles. The number of hydrogen-bond acceptors (Lipinski definition) is 7. The Morgan fingerprint density at radius 3 is 2.74 bits per heavy atom. The Morgan fingerprint density at radius 1 is 1.21 bits per heavy atom. The van der Waals surface area contributed by atoms with Gasteiger partial charge in [0.2, 0.25) is 5.91 Å². The van der Waals surface area contributed by atoms with Gasteiger partial charge in [0, 0.05) is 48.2 Å². The molecule has 4 aromatic rings. The number of aromatic nitrogens is 2. The van der Waals surface area contributed by atoms with Crippen LogP contribution in [0.2, 0.25) is 5.02 Å². The number of anilines is 1. The first-order valence-electron chi connectivity index (χ1n) is 13.4. The molecule has 1 amide bonds. The Hall–Kier alpha value is -3.62. The Morgan fingerprint density at radius 2 is 2.03 bits per heavy atom. The van der Waals surface area contributed by atoms with Gasteiger partial charge in [0.1, 0.15) is 18.0 Å². The van der Waals surface area contributed by atoms with Crippen LogP contribution in [0, 0.1) is 6.92 Å². The summed E-state index contributed by atoms with van der Waals surface area (Å²) in [7, 11) is 2.13. The lowest BCUT2D eigenvalue weighted by Gasteiger charge is -2.35. The Labute approximate surface area is 232 Å². The van der Waals surface area contributed by atoms with E-state index in [4.69, 9.17) is 30.7 Å². The Kier molecular flexibility index (Phi) is 6.91. The predicted octanol–water partition coefficient (Wildman–Crippen LogP) is 5.31. The number of hydrogen-bond donors (Lipinski definition) is 0. The standard InChI is InChI=1S/C30H32ClN5O3/c1-4-25(37)35-12-14-36(15-13-35)29-27-24(32-30(33-29)39-18-20-8-6-11-34(20)3)17-22(21-10-16-38-28(21)27)26-19(2)7-5-9-23(26)31/h4-5,7,9-10,16-17,20H,1,6,8,11-15,18H2,2-3H3/t20-/m0/s1. The molecule has 0 aliphatic carbocycles. The lowest BCUT2D eigenvalue weighted by molar-refractivity contribution is -0.126. The van der Waals surface area contributed by atoms with Crippen molar-refractivity contribution in [3.8, 4) is 17.1 Å². The Balaban J connectivity index is 1.48. The minimum atomic E-state index is -0.0555. The van der Waals surface area contributed by atoms with E-state index in [2.05, 4.69) is 42.5 Å². The topological polar surface area (TPSA) is 74.9 Å². The first-order chi connectivity index (χ1) is 18.9. The van der Waals surface area contributed by atoms with Crippen LogP contribution in [0.1, 0.15) is 18.4 Å². The summed E-state index contributed by atoms with van der Waals surface area (Å²) >= 11 is 6.71. The van der Waals surface area contributed by atoms with Gasteiger partial charge in [-0.2, -0.15) is 9.97 Å². The SMILES string of the molecule is C=CC(=O)N1CCN(c2nc(OC[C@@H]3CCCN3C)nc3cc(-c4c(C)cccc4Cl)c4ccoc4c23)CC1. The summed E-state index contributed by atoms with van der Waals surface area (Å²) in [6.45, 7) is 9.71. The first-order valence-corrected chi connectivity index (χ1v) is 13.8. The van der Waals surface area contributed by atoms with E-state index in [1.165, 1.54) is 12.5 Å². The van der Waals surface area contributed by atoms with E-state index in [1.54, 1.807) is 11.2 Å². The van der Waals surface area contributed by atoms with E-state index in [9.17, 15) is 4.79 Å². The van der Waals surface area contributed by atoms with Crippen LogP contribution in [0.25, 0.3) is 33.0 Å². The van der Waals surface area contributed by atoms with Gasteiger partial charge in [-0.05, 0) is 68.8 Å². The van der Waals surface area contributed by atoms with E-state index >= 15 is 0 Å². The third kappa shape index (κ3) is 4.72. The number of fused-ring (bicyclic) bond motifs is 3. The van der Waals surface area contributed by atoms with Crippen LogP contribution in [-0.4, -0.2) is 78.1 Å². The zero-order chi connectivity index (χ0) is 27.1. The fourth-order valence-corrected chi connectivity index (χ4v) is 6.12. The van der Waals surface area contributed by atoms with Crippen LogP contribution in [-0.2, 0) is 4.79 Å². The number of nitrogens with zero attached hydrogens (tertiary/aromatic N) is 5. The summed E-state index contributed by atoms with van der Waals surface area (Å²) < 4.78 is 12.3. The van der Waals surface area contributed by atoms with Gasteiger partial charge in [-0.1, -0.05) is 30.3 Å². The molecule has 2 aliphatic rings. The van der Waals surface area contributed by atoms with Crippen molar-refractivity contribution in [1.29, 1.82) is 0 Å². The van der Waals surface area contributed by atoms with Crippen molar-refractivity contribution in [3.05, 3.63) is 59.8 Å². The molecule has 8 nitrogen and oxygen atoms in total. The molecule has 2 aliphatic heterocycles. The summed E-state index contributed by atoms with van der Waals surface area (Å²) in [4.78, 5) is 28.3. The van der Waals surface area contributed by atoms with Gasteiger partial charge >= 0.3 is 6.01 Å². The number of furan rings is 1. The molecule has 2 saturated heterocycles. The molecule has 0 saturated carbocycles. The van der Waals surface area contributed by atoms with Gasteiger partial charge < -0.3 is 23.9 Å². The third-order valence-electron chi connectivity index (χ3n) is 7.99. The second-order valence-corrected chi connectivity index (χ2v) is 10.8. The zero-order valence-electron chi connectivity index (χ0n) is 22.3. The maximum absolute atomic E-state index is 12.2. The normalized spacial score (nSPS) is 18.3. The zero-order valence-corrected chi connectivity index (χ0v) is 23.1. The van der Waals surface area contributed by atoms with Crippen molar-refractivity contribution in [1.82, 2.24) is 19.8 Å². The van der Waals surface area contributed by atoms with Crippen molar-refractivity contribution in [2.45, 2.75) is 25.8 Å². The van der Waals surface area contributed by atoms with E-state index in [-0.39, 0.29) is 5.91 Å². The second-order valence-electron chi connectivity index (χ2n) is 10.3. The summed E-state index contributed by atoms with van der Waals surface area (Å²) in [6.07, 6.45) is 5.33. The third-order valence-corrected chi connectivity index (χ3v) is 8.31. The van der Waals surface area contributed by atoms with Crippen molar-refractivity contribution >= 4 is 45.2 Å². The lowest BCUT2D eigenvalue weighted by Crippen LogP contribution is -2.48. The molecule has 2 aromatic carbocycles. The highest BCUT2D eigenvalue weighted by molar-refractivity contribution is 6.34. The molecule has 0 bridgehead atoms. The summed E-state index contributed by atoms with van der Waals surface area (Å²) in [5, 5.41) is 2.46. The quantitative estimate of drug-likeness (QED) is 0.304. The molecule has 39 heavy (non-hydrogen) atoms. The van der Waals surface area contributed by atoms with E-state index in [1.807, 2.05) is 18.2 Å². The van der Waals surface area contributed by atoms with Crippen molar-refractivity contribution in [2.75, 3.05) is 51.3 Å². The van der Waals surface area contributed by atoms with Crippen molar-refractivity contribution in [3.63, 3.8) is 0 Å². The number of benzene rings is 2. The Bertz CT molecular complexity index is 1540. The predicted molar refractivity (Wildman–Crippen MR) is 155 cm³/mol.